The van der Waals surface area contributed by atoms with Gasteiger partial charge in [0.2, 0.25) is 0 Å². The zero-order chi connectivity index (χ0) is 18.8. The Morgan fingerprint density at radius 3 is 2.54 bits per heavy atom. The lowest BCUT2D eigenvalue weighted by molar-refractivity contribution is -0.123. The van der Waals surface area contributed by atoms with Gasteiger partial charge in [0, 0.05) is 20.1 Å². The summed E-state index contributed by atoms with van der Waals surface area (Å²) in [5.74, 6) is -0.851. The Labute approximate surface area is 177 Å². The summed E-state index contributed by atoms with van der Waals surface area (Å²) in [6.07, 6.45) is 1.61. The van der Waals surface area contributed by atoms with Crippen LogP contribution in [0.4, 0.5) is 0 Å². The van der Waals surface area contributed by atoms with Crippen LogP contribution in [0.1, 0.15) is 15.9 Å². The predicted molar refractivity (Wildman–Crippen MR) is 113 cm³/mol. The molecule has 1 heterocycles. The monoisotopic (exact) mass is 486 g/mol. The number of rotatable bonds is 3. The first kappa shape index (κ1) is 19.4. The van der Waals surface area contributed by atoms with Crippen LogP contribution in [0.2, 0.25) is 10.0 Å². The fourth-order valence-corrected chi connectivity index (χ4v) is 3.99. The van der Waals surface area contributed by atoms with Gasteiger partial charge in [0.15, 0.2) is 4.32 Å². The summed E-state index contributed by atoms with van der Waals surface area (Å²) in [4.78, 5) is 25.2. The van der Waals surface area contributed by atoms with Crippen molar-refractivity contribution in [2.24, 2.45) is 0 Å². The molecule has 1 aliphatic heterocycles. The van der Waals surface area contributed by atoms with Crippen molar-refractivity contribution in [1.29, 1.82) is 0 Å². The molecule has 1 saturated heterocycles. The van der Waals surface area contributed by atoms with E-state index in [9.17, 15) is 9.59 Å². The predicted octanol–water partition coefficient (Wildman–Crippen LogP) is 5.30. The summed E-state index contributed by atoms with van der Waals surface area (Å²) in [5, 5.41) is 1.98. The van der Waals surface area contributed by atoms with Crippen molar-refractivity contribution in [1.82, 2.24) is 10.4 Å². The maximum Gasteiger partial charge on any atom is 0.285 e. The van der Waals surface area contributed by atoms with E-state index in [1.807, 2.05) is 0 Å². The number of hydrazine groups is 1. The van der Waals surface area contributed by atoms with Crippen molar-refractivity contribution in [3.05, 3.63) is 73.0 Å². The zero-order valence-electron chi connectivity index (χ0n) is 12.8. The van der Waals surface area contributed by atoms with Crippen LogP contribution in [0.25, 0.3) is 6.08 Å². The lowest BCUT2D eigenvalue weighted by Crippen LogP contribution is -2.44. The van der Waals surface area contributed by atoms with E-state index in [1.54, 1.807) is 48.5 Å². The van der Waals surface area contributed by atoms with Gasteiger partial charge in [-0.15, -0.1) is 0 Å². The molecule has 2 aromatic carbocycles. The van der Waals surface area contributed by atoms with Gasteiger partial charge in [0.05, 0.1) is 4.91 Å². The summed E-state index contributed by atoms with van der Waals surface area (Å²) in [7, 11) is 0. The fraction of sp³-hybridized carbons (Fsp3) is 0. The number of carbonyl (C=O) groups excluding carboxylic acids is 2. The Bertz CT molecular complexity index is 948. The molecule has 0 saturated carbocycles. The van der Waals surface area contributed by atoms with Gasteiger partial charge >= 0.3 is 0 Å². The number of halogens is 3. The topological polar surface area (TPSA) is 49.4 Å². The number of nitrogens with zero attached hydrogens (tertiary/aromatic N) is 1. The molecule has 0 unspecified atom stereocenters. The van der Waals surface area contributed by atoms with E-state index in [4.69, 9.17) is 35.4 Å². The normalized spacial score (nSPS) is 15.7. The molecule has 9 heteroatoms. The number of carbonyl (C=O) groups is 2. The molecule has 1 aliphatic rings. The summed E-state index contributed by atoms with van der Waals surface area (Å²) in [6.45, 7) is 0. The van der Waals surface area contributed by atoms with Crippen LogP contribution < -0.4 is 5.43 Å². The van der Waals surface area contributed by atoms with Gasteiger partial charge in [-0.1, -0.05) is 57.0 Å². The highest BCUT2D eigenvalue weighted by atomic mass is 79.9. The fourth-order valence-electron chi connectivity index (χ4n) is 2.09. The van der Waals surface area contributed by atoms with Crippen LogP contribution in [-0.2, 0) is 4.79 Å². The lowest BCUT2D eigenvalue weighted by atomic mass is 10.2. The third kappa shape index (κ3) is 4.29. The minimum atomic E-state index is -0.431. The van der Waals surface area contributed by atoms with E-state index in [1.165, 1.54) is 0 Å². The molecule has 3 rings (SSSR count). The van der Waals surface area contributed by atoms with Crippen LogP contribution in [-0.4, -0.2) is 21.1 Å². The summed E-state index contributed by atoms with van der Waals surface area (Å²) >= 11 is 21.6. The molecule has 0 bridgehead atoms. The standard InChI is InChI=1S/C17H9BrCl2N2O2S2/c18-11-4-1-9(2-5-11)15(23)21-22-16(24)14(26-17(22)25)7-10-3-6-12(19)8-13(10)20/h1-8H,(H,21,23)/b14-7-. The van der Waals surface area contributed by atoms with Crippen molar-refractivity contribution in [2.45, 2.75) is 0 Å². The van der Waals surface area contributed by atoms with Gasteiger partial charge in [0.1, 0.15) is 0 Å². The minimum absolute atomic E-state index is 0.233. The van der Waals surface area contributed by atoms with Gasteiger partial charge in [-0.3, -0.25) is 15.0 Å². The first-order valence-corrected chi connectivity index (χ1v) is 9.92. The maximum absolute atomic E-state index is 12.6. The first-order chi connectivity index (χ1) is 12.3. The Kier molecular flexibility index (Phi) is 6.04. The first-order valence-electron chi connectivity index (χ1n) is 7.15. The van der Waals surface area contributed by atoms with Gasteiger partial charge in [-0.05, 0) is 60.3 Å². The average molecular weight is 488 g/mol. The van der Waals surface area contributed by atoms with E-state index in [2.05, 4.69) is 21.4 Å². The molecule has 0 aromatic heterocycles. The summed E-state index contributed by atoms with van der Waals surface area (Å²) in [5.41, 5.74) is 3.57. The van der Waals surface area contributed by atoms with Crippen molar-refractivity contribution in [3.8, 4) is 0 Å². The maximum atomic E-state index is 12.6. The Balaban J connectivity index is 1.79. The number of nitrogens with one attached hydrogen (secondary N) is 1. The van der Waals surface area contributed by atoms with E-state index < -0.39 is 11.8 Å². The third-order valence-corrected chi connectivity index (χ3v) is 5.76. The number of thiocarbonyl (C=S) groups is 1. The van der Waals surface area contributed by atoms with Gasteiger partial charge in [-0.2, -0.15) is 5.01 Å². The van der Waals surface area contributed by atoms with Gasteiger partial charge in [-0.25, -0.2) is 0 Å². The van der Waals surface area contributed by atoms with Crippen LogP contribution in [0.3, 0.4) is 0 Å². The van der Waals surface area contributed by atoms with Crippen LogP contribution in [0.5, 0.6) is 0 Å². The molecule has 132 valence electrons. The van der Waals surface area contributed by atoms with Crippen molar-refractivity contribution < 1.29 is 9.59 Å². The van der Waals surface area contributed by atoms with Crippen molar-refractivity contribution in [2.75, 3.05) is 0 Å². The van der Waals surface area contributed by atoms with Crippen molar-refractivity contribution in [3.63, 3.8) is 0 Å². The Morgan fingerprint density at radius 1 is 1.19 bits per heavy atom. The molecule has 4 nitrogen and oxygen atoms in total. The third-order valence-electron chi connectivity index (χ3n) is 3.36. The lowest BCUT2D eigenvalue weighted by Gasteiger charge is -2.15. The molecular weight excluding hydrogens is 479 g/mol. The second kappa shape index (κ2) is 8.10. The molecule has 2 amide bonds. The van der Waals surface area contributed by atoms with E-state index in [-0.39, 0.29) is 4.32 Å². The number of amides is 2. The highest BCUT2D eigenvalue weighted by Gasteiger charge is 2.33. The molecule has 0 atom stereocenters. The quantitative estimate of drug-likeness (QED) is 0.471. The van der Waals surface area contributed by atoms with Gasteiger partial charge < -0.3 is 0 Å². The number of hydrogen-bond donors (Lipinski definition) is 1. The Hall–Kier alpha value is -1.38. The molecule has 2 aromatic rings. The molecule has 1 fully saturated rings. The number of benzene rings is 2. The zero-order valence-corrected chi connectivity index (χ0v) is 17.6. The molecule has 1 N–H and O–H groups in total. The van der Waals surface area contributed by atoms with Crippen LogP contribution in [0.15, 0.2) is 51.8 Å². The van der Waals surface area contributed by atoms with Crippen LogP contribution in [0, 0.1) is 0 Å². The Morgan fingerprint density at radius 2 is 1.88 bits per heavy atom. The van der Waals surface area contributed by atoms with Crippen LogP contribution >= 0.6 is 63.1 Å². The van der Waals surface area contributed by atoms with E-state index in [0.29, 0.717) is 26.1 Å². The molecule has 26 heavy (non-hydrogen) atoms. The highest BCUT2D eigenvalue weighted by molar-refractivity contribution is 9.10. The molecule has 0 aliphatic carbocycles. The van der Waals surface area contributed by atoms with E-state index in [0.717, 1.165) is 21.2 Å². The minimum Gasteiger partial charge on any atom is -0.267 e. The summed E-state index contributed by atoms with van der Waals surface area (Å²) < 4.78 is 1.08. The molecule has 0 spiro atoms. The summed E-state index contributed by atoms with van der Waals surface area (Å²) in [6, 6.07) is 11.7. The molecule has 0 radical (unpaired) electrons. The second-order valence-corrected chi connectivity index (χ2v) is 8.57. The number of thioether (sulfide) groups is 1. The average Bonchev–Trinajstić information content (AvgIpc) is 2.85. The highest BCUT2D eigenvalue weighted by Crippen LogP contribution is 2.33. The largest absolute Gasteiger partial charge is 0.285 e. The van der Waals surface area contributed by atoms with Gasteiger partial charge in [0.25, 0.3) is 11.8 Å². The smallest absolute Gasteiger partial charge is 0.267 e. The van der Waals surface area contributed by atoms with Crippen molar-refractivity contribution >= 4 is 85.3 Å². The molecular formula is C17H9BrCl2N2O2S2. The second-order valence-electron chi connectivity index (χ2n) is 5.13. The SMILES string of the molecule is O=C(NN1C(=O)/C(=C/c2ccc(Cl)cc2Cl)SC1=S)c1ccc(Br)cc1. The number of hydrogen-bond acceptors (Lipinski definition) is 4. The van der Waals surface area contributed by atoms with E-state index >= 15 is 0 Å².